The molecule has 0 unspecified atom stereocenters. The summed E-state index contributed by atoms with van der Waals surface area (Å²) in [5.41, 5.74) is 1.48. The van der Waals surface area contributed by atoms with E-state index in [1.165, 1.54) is 12.5 Å². The molecule has 2 heterocycles. The minimum Gasteiger partial charge on any atom is -0.351 e. The van der Waals surface area contributed by atoms with Crippen LogP contribution >= 0.6 is 0 Å². The van der Waals surface area contributed by atoms with Gasteiger partial charge in [0.1, 0.15) is 5.82 Å². The van der Waals surface area contributed by atoms with Crippen LogP contribution in [0.5, 0.6) is 0 Å². The lowest BCUT2D eigenvalue weighted by atomic mass is 9.94. The zero-order chi connectivity index (χ0) is 19.2. The highest BCUT2D eigenvalue weighted by atomic mass is 19.1. The predicted molar refractivity (Wildman–Crippen MR) is 103 cm³/mol. The monoisotopic (exact) mass is 375 g/mol. The van der Waals surface area contributed by atoms with E-state index in [4.69, 9.17) is 0 Å². The molecule has 5 nitrogen and oxygen atoms in total. The summed E-state index contributed by atoms with van der Waals surface area (Å²) in [7, 11) is 0. The van der Waals surface area contributed by atoms with Gasteiger partial charge in [-0.3, -0.25) is 14.5 Å². The number of amides is 2. The number of piperidine rings is 2. The predicted octanol–water partition coefficient (Wildman–Crippen LogP) is 2.47. The Morgan fingerprint density at radius 3 is 2.48 bits per heavy atom. The number of aryl methyl sites for hydroxylation is 1. The van der Waals surface area contributed by atoms with E-state index in [0.29, 0.717) is 24.6 Å². The van der Waals surface area contributed by atoms with Gasteiger partial charge in [0.25, 0.3) is 0 Å². The highest BCUT2D eigenvalue weighted by molar-refractivity contribution is 5.79. The fourth-order valence-corrected chi connectivity index (χ4v) is 3.99. The number of rotatable bonds is 5. The number of halogens is 1. The Balaban J connectivity index is 1.38. The van der Waals surface area contributed by atoms with E-state index >= 15 is 0 Å². The van der Waals surface area contributed by atoms with Crippen molar-refractivity contribution >= 4 is 11.8 Å². The lowest BCUT2D eigenvalue weighted by Gasteiger charge is -2.35. The van der Waals surface area contributed by atoms with Crippen LogP contribution in [0.2, 0.25) is 0 Å². The molecule has 27 heavy (non-hydrogen) atoms. The van der Waals surface area contributed by atoms with Gasteiger partial charge in [-0.25, -0.2) is 4.39 Å². The van der Waals surface area contributed by atoms with Gasteiger partial charge in [0.05, 0.1) is 6.54 Å². The van der Waals surface area contributed by atoms with Crippen molar-refractivity contribution in [1.82, 2.24) is 15.1 Å². The lowest BCUT2D eigenvalue weighted by Crippen LogP contribution is -2.46. The summed E-state index contributed by atoms with van der Waals surface area (Å²) in [6.45, 7) is 5.86. The zero-order valence-electron chi connectivity index (χ0n) is 16.2. The normalized spacial score (nSPS) is 19.1. The van der Waals surface area contributed by atoms with Gasteiger partial charge in [-0.2, -0.15) is 0 Å². The molecule has 0 saturated carbocycles. The quantitative estimate of drug-likeness (QED) is 0.860. The largest absolute Gasteiger partial charge is 0.351 e. The van der Waals surface area contributed by atoms with E-state index in [2.05, 4.69) is 10.2 Å². The molecule has 0 radical (unpaired) electrons. The summed E-state index contributed by atoms with van der Waals surface area (Å²) >= 11 is 0. The highest BCUT2D eigenvalue weighted by Gasteiger charge is 2.29. The second kappa shape index (κ2) is 9.31. The third-order valence-electron chi connectivity index (χ3n) is 5.68. The summed E-state index contributed by atoms with van der Waals surface area (Å²) in [5.74, 6) is 0.167. The molecular weight excluding hydrogens is 345 g/mol. The Bertz CT molecular complexity index is 665. The summed E-state index contributed by atoms with van der Waals surface area (Å²) in [6.07, 6.45) is 5.14. The Morgan fingerprint density at radius 2 is 1.81 bits per heavy atom. The van der Waals surface area contributed by atoms with Crippen LogP contribution in [0.15, 0.2) is 18.2 Å². The minimum atomic E-state index is -0.230. The van der Waals surface area contributed by atoms with Gasteiger partial charge in [-0.05, 0) is 69.3 Å². The highest BCUT2D eigenvalue weighted by Crippen LogP contribution is 2.21. The van der Waals surface area contributed by atoms with Crippen LogP contribution in [-0.4, -0.2) is 54.3 Å². The average Bonchev–Trinajstić information content (AvgIpc) is 2.69. The van der Waals surface area contributed by atoms with Crippen molar-refractivity contribution in [2.45, 2.75) is 45.6 Å². The maximum absolute atomic E-state index is 13.3. The van der Waals surface area contributed by atoms with E-state index in [0.717, 1.165) is 57.4 Å². The minimum absolute atomic E-state index is 0.0298. The average molecular weight is 375 g/mol. The van der Waals surface area contributed by atoms with Gasteiger partial charge >= 0.3 is 0 Å². The molecule has 148 valence electrons. The molecule has 0 aliphatic carbocycles. The number of carbonyl (C=O) groups is 2. The van der Waals surface area contributed by atoms with E-state index in [-0.39, 0.29) is 17.6 Å². The molecule has 2 fully saturated rings. The van der Waals surface area contributed by atoms with Crippen LogP contribution < -0.4 is 5.32 Å². The molecular formula is C21H30FN3O2. The topological polar surface area (TPSA) is 52.7 Å². The Kier molecular flexibility index (Phi) is 6.83. The van der Waals surface area contributed by atoms with Crippen molar-refractivity contribution in [2.24, 2.45) is 5.92 Å². The first kappa shape index (κ1) is 19.8. The maximum Gasteiger partial charge on any atom is 0.234 e. The number of carbonyl (C=O) groups excluding carboxylic acids is 2. The lowest BCUT2D eigenvalue weighted by molar-refractivity contribution is -0.138. The Morgan fingerprint density at radius 1 is 1.11 bits per heavy atom. The smallest absolute Gasteiger partial charge is 0.234 e. The Hall–Kier alpha value is -1.95. The number of benzene rings is 1. The second-order valence-electron chi connectivity index (χ2n) is 7.80. The number of hydrogen-bond donors (Lipinski definition) is 1. The van der Waals surface area contributed by atoms with Crippen LogP contribution in [-0.2, 0) is 16.1 Å². The SMILES string of the molecule is Cc1cc(CNC(=O)CN2CCC(C(=O)N3CCCCC3)CC2)ccc1F. The van der Waals surface area contributed by atoms with Crippen LogP contribution in [0, 0.1) is 18.7 Å². The van der Waals surface area contributed by atoms with E-state index in [1.54, 1.807) is 19.1 Å². The van der Waals surface area contributed by atoms with Crippen molar-refractivity contribution in [1.29, 1.82) is 0 Å². The fourth-order valence-electron chi connectivity index (χ4n) is 3.99. The van der Waals surface area contributed by atoms with Crippen LogP contribution in [0.25, 0.3) is 0 Å². The number of hydrogen-bond acceptors (Lipinski definition) is 3. The zero-order valence-corrected chi connectivity index (χ0v) is 16.2. The van der Waals surface area contributed by atoms with Crippen LogP contribution in [0.4, 0.5) is 4.39 Å². The molecule has 2 amide bonds. The van der Waals surface area contributed by atoms with E-state index in [9.17, 15) is 14.0 Å². The van der Waals surface area contributed by atoms with Gasteiger partial charge in [0.15, 0.2) is 0 Å². The van der Waals surface area contributed by atoms with E-state index in [1.807, 2.05) is 4.90 Å². The molecule has 1 N–H and O–H groups in total. The van der Waals surface area contributed by atoms with E-state index < -0.39 is 0 Å². The standard InChI is InChI=1S/C21H30FN3O2/c1-16-13-17(5-6-19(16)22)14-23-20(26)15-24-11-7-18(8-12-24)21(27)25-9-3-2-4-10-25/h5-6,13,18H,2-4,7-12,14-15H2,1H3,(H,23,26). The number of nitrogens with zero attached hydrogens (tertiary/aromatic N) is 2. The molecule has 0 bridgehead atoms. The van der Waals surface area contributed by atoms with Crippen molar-refractivity contribution in [3.05, 3.63) is 35.1 Å². The molecule has 1 aromatic carbocycles. The summed E-state index contributed by atoms with van der Waals surface area (Å²) in [6, 6.07) is 4.88. The molecule has 2 aliphatic heterocycles. The molecule has 6 heteroatoms. The van der Waals surface area contributed by atoms with Crippen LogP contribution in [0.1, 0.15) is 43.2 Å². The molecule has 1 aromatic rings. The van der Waals surface area contributed by atoms with Crippen LogP contribution in [0.3, 0.4) is 0 Å². The maximum atomic E-state index is 13.3. The molecule has 0 aromatic heterocycles. The third kappa shape index (κ3) is 5.51. The molecule has 2 saturated heterocycles. The van der Waals surface area contributed by atoms with Gasteiger partial charge in [-0.15, -0.1) is 0 Å². The molecule has 0 atom stereocenters. The summed E-state index contributed by atoms with van der Waals surface area (Å²) in [4.78, 5) is 28.9. The molecule has 3 rings (SSSR count). The van der Waals surface area contributed by atoms with Gasteiger partial charge < -0.3 is 10.2 Å². The second-order valence-corrected chi connectivity index (χ2v) is 7.80. The van der Waals surface area contributed by atoms with Gasteiger partial charge in [0.2, 0.25) is 11.8 Å². The first-order chi connectivity index (χ1) is 13.0. The molecule has 2 aliphatic rings. The van der Waals surface area contributed by atoms with Crippen molar-refractivity contribution in [2.75, 3.05) is 32.7 Å². The first-order valence-corrected chi connectivity index (χ1v) is 10.1. The fraction of sp³-hybridized carbons (Fsp3) is 0.619. The third-order valence-corrected chi connectivity index (χ3v) is 5.68. The number of nitrogens with one attached hydrogen (secondary N) is 1. The summed E-state index contributed by atoms with van der Waals surface area (Å²) < 4.78 is 13.3. The Labute approximate surface area is 160 Å². The van der Waals surface area contributed by atoms with Crippen molar-refractivity contribution in [3.8, 4) is 0 Å². The number of likely N-dealkylation sites (tertiary alicyclic amines) is 2. The van der Waals surface area contributed by atoms with Gasteiger partial charge in [0, 0.05) is 25.6 Å². The van der Waals surface area contributed by atoms with Crippen molar-refractivity contribution in [3.63, 3.8) is 0 Å². The van der Waals surface area contributed by atoms with Gasteiger partial charge in [-0.1, -0.05) is 12.1 Å². The summed E-state index contributed by atoms with van der Waals surface area (Å²) in [5, 5.41) is 2.90. The first-order valence-electron chi connectivity index (χ1n) is 10.1. The molecule has 0 spiro atoms. The van der Waals surface area contributed by atoms with Crippen molar-refractivity contribution < 1.29 is 14.0 Å².